The normalized spacial score (nSPS) is 21.0. The Hall–Kier alpha value is -2.08. The summed E-state index contributed by atoms with van der Waals surface area (Å²) in [7, 11) is 0. The smallest absolute Gasteiger partial charge is 0.317 e. The van der Waals surface area contributed by atoms with Gasteiger partial charge in [-0.2, -0.15) is 0 Å². The van der Waals surface area contributed by atoms with Crippen LogP contribution in [-0.4, -0.2) is 47.3 Å². The number of carboxylic acids is 1. The van der Waals surface area contributed by atoms with Crippen molar-refractivity contribution in [2.45, 2.75) is 45.4 Å². The summed E-state index contributed by atoms with van der Waals surface area (Å²) in [5.41, 5.74) is 1.91. The average molecular weight is 320 g/mol. The molecule has 0 aromatic heterocycles. The number of morpholine rings is 1. The van der Waals surface area contributed by atoms with Gasteiger partial charge in [0.2, 0.25) is 0 Å². The zero-order valence-electron chi connectivity index (χ0n) is 13.6. The van der Waals surface area contributed by atoms with Crippen LogP contribution >= 0.6 is 0 Å². The molecule has 2 rings (SSSR count). The van der Waals surface area contributed by atoms with Crippen molar-refractivity contribution in [3.63, 3.8) is 0 Å². The summed E-state index contributed by atoms with van der Waals surface area (Å²) < 4.78 is 5.63. The lowest BCUT2D eigenvalue weighted by molar-refractivity contribution is -0.136. The highest BCUT2D eigenvalue weighted by Gasteiger charge is 2.25. The van der Waals surface area contributed by atoms with Crippen molar-refractivity contribution in [2.75, 3.05) is 13.1 Å². The van der Waals surface area contributed by atoms with Crippen molar-refractivity contribution in [1.29, 1.82) is 0 Å². The number of ether oxygens (including phenoxy) is 1. The summed E-state index contributed by atoms with van der Waals surface area (Å²) in [4.78, 5) is 24.8. The number of rotatable bonds is 5. The first-order valence-electron chi connectivity index (χ1n) is 7.92. The Kier molecular flexibility index (Phi) is 5.98. The van der Waals surface area contributed by atoms with Gasteiger partial charge in [-0.1, -0.05) is 24.3 Å². The van der Waals surface area contributed by atoms with Crippen LogP contribution in [0.1, 0.15) is 31.4 Å². The van der Waals surface area contributed by atoms with E-state index < -0.39 is 5.97 Å². The molecule has 0 spiro atoms. The van der Waals surface area contributed by atoms with Gasteiger partial charge in [0.05, 0.1) is 12.2 Å². The van der Waals surface area contributed by atoms with E-state index in [1.165, 1.54) is 0 Å². The number of carboxylic acid groups (broad SMARTS) is 1. The predicted octanol–water partition coefficient (Wildman–Crippen LogP) is 2.02. The zero-order chi connectivity index (χ0) is 16.8. The highest BCUT2D eigenvalue weighted by atomic mass is 16.5. The van der Waals surface area contributed by atoms with Crippen LogP contribution in [0.15, 0.2) is 24.3 Å². The number of aryl methyl sites for hydroxylation is 1. The standard InChI is InChI=1S/C17H24N2O4/c1-12-10-19(11-13(2)23-12)17(22)18-9-15-6-4-3-5-14(15)7-8-16(20)21/h3-6,12-13H,7-11H2,1-2H3,(H,18,22)(H,20,21)/t12-,13+. The maximum Gasteiger partial charge on any atom is 0.317 e. The van der Waals surface area contributed by atoms with Gasteiger partial charge in [-0.3, -0.25) is 4.79 Å². The van der Waals surface area contributed by atoms with Crippen LogP contribution in [0.3, 0.4) is 0 Å². The van der Waals surface area contributed by atoms with E-state index in [2.05, 4.69) is 5.32 Å². The Labute approximate surface area is 136 Å². The molecule has 6 heteroatoms. The predicted molar refractivity (Wildman–Crippen MR) is 86.2 cm³/mol. The highest BCUT2D eigenvalue weighted by Crippen LogP contribution is 2.13. The van der Waals surface area contributed by atoms with Crippen LogP contribution in [0.5, 0.6) is 0 Å². The second-order valence-electron chi connectivity index (χ2n) is 5.98. The van der Waals surface area contributed by atoms with Gasteiger partial charge in [0.15, 0.2) is 0 Å². The summed E-state index contributed by atoms with van der Waals surface area (Å²) in [5.74, 6) is -0.819. The second kappa shape index (κ2) is 7.97. The molecule has 1 aliphatic heterocycles. The topological polar surface area (TPSA) is 78.9 Å². The Morgan fingerprint density at radius 3 is 2.43 bits per heavy atom. The molecule has 2 atom stereocenters. The first-order valence-corrected chi connectivity index (χ1v) is 7.92. The van der Waals surface area contributed by atoms with Crippen molar-refractivity contribution in [1.82, 2.24) is 10.2 Å². The number of carbonyl (C=O) groups excluding carboxylic acids is 1. The molecule has 1 aromatic carbocycles. The SMILES string of the molecule is C[C@@H]1CN(C(=O)NCc2ccccc2CCC(=O)O)C[C@H](C)O1. The fourth-order valence-corrected chi connectivity index (χ4v) is 2.84. The van der Waals surface area contributed by atoms with Crippen LogP contribution < -0.4 is 5.32 Å². The quantitative estimate of drug-likeness (QED) is 0.870. The first kappa shape index (κ1) is 17.3. The lowest BCUT2D eigenvalue weighted by Crippen LogP contribution is -2.51. The van der Waals surface area contributed by atoms with Gasteiger partial charge in [0.25, 0.3) is 0 Å². The number of hydrogen-bond donors (Lipinski definition) is 2. The Morgan fingerprint density at radius 2 is 1.83 bits per heavy atom. The fraction of sp³-hybridized carbons (Fsp3) is 0.529. The maximum atomic E-state index is 12.3. The van der Waals surface area contributed by atoms with Crippen molar-refractivity contribution in [3.8, 4) is 0 Å². The van der Waals surface area contributed by atoms with Gasteiger partial charge < -0.3 is 20.1 Å². The van der Waals surface area contributed by atoms with E-state index in [9.17, 15) is 9.59 Å². The lowest BCUT2D eigenvalue weighted by atomic mass is 10.0. The van der Waals surface area contributed by atoms with Crippen molar-refractivity contribution >= 4 is 12.0 Å². The number of hydrogen-bond acceptors (Lipinski definition) is 3. The number of nitrogens with one attached hydrogen (secondary N) is 1. The highest BCUT2D eigenvalue weighted by molar-refractivity contribution is 5.74. The van der Waals surface area contributed by atoms with Crippen LogP contribution in [0.25, 0.3) is 0 Å². The van der Waals surface area contributed by atoms with Gasteiger partial charge in [0.1, 0.15) is 0 Å². The van der Waals surface area contributed by atoms with Crippen LogP contribution in [0.4, 0.5) is 4.79 Å². The molecule has 0 aliphatic carbocycles. The summed E-state index contributed by atoms with van der Waals surface area (Å²) in [6, 6.07) is 7.49. The third-order valence-corrected chi connectivity index (χ3v) is 3.86. The molecule has 1 heterocycles. The molecule has 6 nitrogen and oxygen atoms in total. The minimum absolute atomic E-state index is 0.0346. The average Bonchev–Trinajstić information content (AvgIpc) is 2.50. The molecular weight excluding hydrogens is 296 g/mol. The molecule has 1 fully saturated rings. The van der Waals surface area contributed by atoms with Gasteiger partial charge in [-0.15, -0.1) is 0 Å². The minimum Gasteiger partial charge on any atom is -0.481 e. The zero-order valence-corrected chi connectivity index (χ0v) is 13.6. The fourth-order valence-electron chi connectivity index (χ4n) is 2.84. The van der Waals surface area contributed by atoms with Crippen LogP contribution in [0.2, 0.25) is 0 Å². The van der Waals surface area contributed by atoms with Gasteiger partial charge >= 0.3 is 12.0 Å². The molecule has 1 aliphatic rings. The van der Waals surface area contributed by atoms with Crippen LogP contribution in [0, 0.1) is 0 Å². The summed E-state index contributed by atoms with van der Waals surface area (Å²) >= 11 is 0. The second-order valence-corrected chi connectivity index (χ2v) is 5.98. The molecule has 2 amide bonds. The number of amides is 2. The van der Waals surface area contributed by atoms with E-state index in [0.717, 1.165) is 11.1 Å². The molecule has 0 saturated carbocycles. The Balaban J connectivity index is 1.92. The maximum absolute atomic E-state index is 12.3. The van der Waals surface area contributed by atoms with Crippen molar-refractivity contribution < 1.29 is 19.4 Å². The van der Waals surface area contributed by atoms with Gasteiger partial charge in [-0.25, -0.2) is 4.79 Å². The molecule has 0 unspecified atom stereocenters. The molecule has 1 saturated heterocycles. The van der Waals surface area contributed by atoms with Crippen LogP contribution in [-0.2, 0) is 22.5 Å². The minimum atomic E-state index is -0.819. The van der Waals surface area contributed by atoms with Gasteiger partial charge in [-0.05, 0) is 31.4 Å². The first-order chi connectivity index (χ1) is 11.0. The summed E-state index contributed by atoms with van der Waals surface area (Å²) in [5, 5.41) is 11.7. The van der Waals surface area contributed by atoms with E-state index >= 15 is 0 Å². The number of carbonyl (C=O) groups is 2. The number of benzene rings is 1. The molecule has 2 N–H and O–H groups in total. The molecule has 126 valence electrons. The van der Waals surface area contributed by atoms with Crippen molar-refractivity contribution in [3.05, 3.63) is 35.4 Å². The summed E-state index contributed by atoms with van der Waals surface area (Å²) in [6.07, 6.45) is 0.621. The molecular formula is C17H24N2O4. The monoisotopic (exact) mass is 320 g/mol. The number of nitrogens with zero attached hydrogens (tertiary/aromatic N) is 1. The molecule has 0 radical (unpaired) electrons. The molecule has 23 heavy (non-hydrogen) atoms. The molecule has 0 bridgehead atoms. The summed E-state index contributed by atoms with van der Waals surface area (Å²) in [6.45, 7) is 5.47. The molecule has 1 aromatic rings. The number of aliphatic carboxylic acids is 1. The largest absolute Gasteiger partial charge is 0.481 e. The van der Waals surface area contributed by atoms with Crippen molar-refractivity contribution in [2.24, 2.45) is 0 Å². The van der Waals surface area contributed by atoms with Gasteiger partial charge in [0, 0.05) is 26.1 Å². The third kappa shape index (κ3) is 5.25. The van der Waals surface area contributed by atoms with E-state index in [1.54, 1.807) is 4.90 Å². The van der Waals surface area contributed by atoms with E-state index in [-0.39, 0.29) is 24.7 Å². The van der Waals surface area contributed by atoms with E-state index in [4.69, 9.17) is 9.84 Å². The lowest BCUT2D eigenvalue weighted by Gasteiger charge is -2.35. The Bertz CT molecular complexity index is 551. The van der Waals surface area contributed by atoms with E-state index in [1.807, 2.05) is 38.1 Å². The number of urea groups is 1. The third-order valence-electron chi connectivity index (χ3n) is 3.86. The van der Waals surface area contributed by atoms with E-state index in [0.29, 0.717) is 26.1 Å². The Morgan fingerprint density at radius 1 is 1.22 bits per heavy atom.